The molecule has 0 saturated carbocycles. The van der Waals surface area contributed by atoms with Crippen molar-refractivity contribution in [1.29, 1.82) is 0 Å². The summed E-state index contributed by atoms with van der Waals surface area (Å²) in [4.78, 5) is 19.1. The second-order valence-electron chi connectivity index (χ2n) is 8.26. The van der Waals surface area contributed by atoms with Crippen molar-refractivity contribution in [3.05, 3.63) is 23.9 Å². The third kappa shape index (κ3) is 5.22. The van der Waals surface area contributed by atoms with Crippen LogP contribution < -0.4 is 5.32 Å². The number of carbonyl (C=O) groups excluding carboxylic acids is 1. The molecule has 0 radical (unpaired) electrons. The third-order valence-corrected chi connectivity index (χ3v) is 6.32. The van der Waals surface area contributed by atoms with E-state index in [-0.39, 0.29) is 5.91 Å². The zero-order valence-corrected chi connectivity index (χ0v) is 17.1. The minimum atomic E-state index is 0.112. The normalized spacial score (nSPS) is 24.2. The molecule has 27 heavy (non-hydrogen) atoms. The number of nitrogens with one attached hydrogen (secondary N) is 1. The topological polar surface area (TPSA) is 54.5 Å². The zero-order valence-electron chi connectivity index (χ0n) is 17.1. The maximum atomic E-state index is 12.6. The average Bonchev–Trinajstić information content (AvgIpc) is 2.70. The fourth-order valence-corrected chi connectivity index (χ4v) is 4.31. The van der Waals surface area contributed by atoms with E-state index in [2.05, 4.69) is 31.1 Å². The molecule has 2 saturated heterocycles. The molecule has 2 aliphatic rings. The molecule has 0 bridgehead atoms. The predicted octanol–water partition coefficient (Wildman–Crippen LogP) is 4.35. The van der Waals surface area contributed by atoms with Crippen molar-refractivity contribution in [1.82, 2.24) is 9.88 Å². The third-order valence-electron chi connectivity index (χ3n) is 6.32. The van der Waals surface area contributed by atoms with Crippen molar-refractivity contribution < 1.29 is 9.53 Å². The molecule has 0 aromatic carbocycles. The summed E-state index contributed by atoms with van der Waals surface area (Å²) >= 11 is 0. The molecule has 150 valence electrons. The van der Waals surface area contributed by atoms with Crippen LogP contribution in [-0.2, 0) is 4.74 Å². The van der Waals surface area contributed by atoms with E-state index in [1.807, 2.05) is 17.0 Å². The van der Waals surface area contributed by atoms with E-state index in [0.29, 0.717) is 23.6 Å². The van der Waals surface area contributed by atoms with E-state index in [9.17, 15) is 4.79 Å². The Morgan fingerprint density at radius 2 is 2.00 bits per heavy atom. The average molecular weight is 374 g/mol. The van der Waals surface area contributed by atoms with E-state index in [0.717, 1.165) is 70.0 Å². The SMILES string of the molecule is CCC(CC)C1CC(Nc2ccc(C(=O)N3CCC(C)CC3)cn2)CCO1. The number of aromatic nitrogens is 1. The molecule has 2 aliphatic heterocycles. The van der Waals surface area contributed by atoms with Gasteiger partial charge in [-0.1, -0.05) is 33.6 Å². The Morgan fingerprint density at radius 3 is 2.63 bits per heavy atom. The van der Waals surface area contributed by atoms with E-state index in [1.54, 1.807) is 6.20 Å². The first-order chi connectivity index (χ1) is 13.1. The minimum absolute atomic E-state index is 0.112. The van der Waals surface area contributed by atoms with E-state index >= 15 is 0 Å². The van der Waals surface area contributed by atoms with E-state index < -0.39 is 0 Å². The van der Waals surface area contributed by atoms with Crippen molar-refractivity contribution in [2.75, 3.05) is 25.0 Å². The maximum Gasteiger partial charge on any atom is 0.255 e. The summed E-state index contributed by atoms with van der Waals surface area (Å²) in [6, 6.07) is 4.25. The fraction of sp³-hybridized carbons (Fsp3) is 0.727. The Balaban J connectivity index is 1.55. The number of ether oxygens (including phenoxy) is 1. The Morgan fingerprint density at radius 1 is 1.26 bits per heavy atom. The molecule has 1 amide bonds. The smallest absolute Gasteiger partial charge is 0.255 e. The van der Waals surface area contributed by atoms with Gasteiger partial charge < -0.3 is 15.0 Å². The van der Waals surface area contributed by atoms with Crippen molar-refractivity contribution in [3.8, 4) is 0 Å². The number of nitrogens with zero attached hydrogens (tertiary/aromatic N) is 2. The summed E-state index contributed by atoms with van der Waals surface area (Å²) in [6.45, 7) is 9.28. The highest BCUT2D eigenvalue weighted by Gasteiger charge is 2.28. The lowest BCUT2D eigenvalue weighted by molar-refractivity contribution is -0.0271. The van der Waals surface area contributed by atoms with Gasteiger partial charge in [0.1, 0.15) is 5.82 Å². The fourth-order valence-electron chi connectivity index (χ4n) is 4.31. The lowest BCUT2D eigenvalue weighted by atomic mass is 9.89. The summed E-state index contributed by atoms with van der Waals surface area (Å²) in [5.41, 5.74) is 0.692. The highest BCUT2D eigenvalue weighted by Crippen LogP contribution is 2.27. The van der Waals surface area contributed by atoms with Crippen LogP contribution >= 0.6 is 0 Å². The van der Waals surface area contributed by atoms with Gasteiger partial charge in [-0.05, 0) is 49.7 Å². The molecular formula is C22H35N3O2. The van der Waals surface area contributed by atoms with Gasteiger partial charge in [-0.3, -0.25) is 4.79 Å². The lowest BCUT2D eigenvalue weighted by Gasteiger charge is -2.34. The van der Waals surface area contributed by atoms with Crippen LogP contribution in [0.1, 0.15) is 69.7 Å². The molecule has 1 N–H and O–H groups in total. The molecule has 3 rings (SSSR count). The second-order valence-corrected chi connectivity index (χ2v) is 8.26. The predicted molar refractivity (Wildman–Crippen MR) is 109 cm³/mol. The highest BCUT2D eigenvalue weighted by molar-refractivity contribution is 5.94. The number of rotatable bonds is 6. The van der Waals surface area contributed by atoms with Crippen LogP contribution in [0.4, 0.5) is 5.82 Å². The first-order valence-corrected chi connectivity index (χ1v) is 10.7. The monoisotopic (exact) mass is 373 g/mol. The maximum absolute atomic E-state index is 12.6. The molecule has 1 aromatic heterocycles. The number of pyridine rings is 1. The summed E-state index contributed by atoms with van der Waals surface area (Å²) in [5.74, 6) is 2.33. The van der Waals surface area contributed by atoms with Gasteiger partial charge in [-0.25, -0.2) is 4.98 Å². The first-order valence-electron chi connectivity index (χ1n) is 10.7. The molecule has 3 heterocycles. The Labute approximate surface area is 163 Å². The van der Waals surface area contributed by atoms with E-state index in [4.69, 9.17) is 4.74 Å². The highest BCUT2D eigenvalue weighted by atomic mass is 16.5. The van der Waals surface area contributed by atoms with Crippen LogP contribution in [0.25, 0.3) is 0 Å². The molecule has 0 spiro atoms. The Hall–Kier alpha value is -1.62. The molecule has 2 atom stereocenters. The number of hydrogen-bond donors (Lipinski definition) is 1. The summed E-state index contributed by atoms with van der Waals surface area (Å²) in [7, 11) is 0. The van der Waals surface area contributed by atoms with Crippen LogP contribution in [0.2, 0.25) is 0 Å². The largest absolute Gasteiger partial charge is 0.378 e. The Kier molecular flexibility index (Phi) is 7.11. The summed E-state index contributed by atoms with van der Waals surface area (Å²) < 4.78 is 6.00. The Bertz CT molecular complexity index is 592. The van der Waals surface area contributed by atoms with E-state index in [1.165, 1.54) is 0 Å². The quantitative estimate of drug-likeness (QED) is 0.805. The number of piperidine rings is 1. The molecule has 5 heteroatoms. The van der Waals surface area contributed by atoms with Gasteiger partial charge >= 0.3 is 0 Å². The van der Waals surface area contributed by atoms with Gasteiger partial charge in [0, 0.05) is 31.9 Å². The van der Waals surface area contributed by atoms with Crippen LogP contribution in [0, 0.1) is 11.8 Å². The number of likely N-dealkylation sites (tertiary alicyclic amines) is 1. The van der Waals surface area contributed by atoms with Gasteiger partial charge in [0.2, 0.25) is 0 Å². The number of amides is 1. The van der Waals surface area contributed by atoms with Gasteiger partial charge in [-0.15, -0.1) is 0 Å². The van der Waals surface area contributed by atoms with Crippen LogP contribution in [0.3, 0.4) is 0 Å². The van der Waals surface area contributed by atoms with Crippen LogP contribution in [0.15, 0.2) is 18.3 Å². The lowest BCUT2D eigenvalue weighted by Crippen LogP contribution is -2.38. The molecule has 2 unspecified atom stereocenters. The van der Waals surface area contributed by atoms with Crippen LogP contribution in [0.5, 0.6) is 0 Å². The summed E-state index contributed by atoms with van der Waals surface area (Å²) in [5, 5.41) is 3.55. The molecule has 0 aliphatic carbocycles. The summed E-state index contributed by atoms with van der Waals surface area (Å²) in [6.07, 6.45) is 8.62. The van der Waals surface area contributed by atoms with Crippen molar-refractivity contribution in [2.45, 2.75) is 71.4 Å². The number of anilines is 1. The molecule has 5 nitrogen and oxygen atoms in total. The van der Waals surface area contributed by atoms with Crippen molar-refractivity contribution in [2.24, 2.45) is 11.8 Å². The zero-order chi connectivity index (χ0) is 19.2. The van der Waals surface area contributed by atoms with Crippen LogP contribution in [-0.4, -0.2) is 47.6 Å². The molecule has 2 fully saturated rings. The van der Waals surface area contributed by atoms with Gasteiger partial charge in [0.15, 0.2) is 0 Å². The molecule has 1 aromatic rings. The minimum Gasteiger partial charge on any atom is -0.378 e. The first kappa shape index (κ1) is 20.1. The van der Waals surface area contributed by atoms with Gasteiger partial charge in [0.05, 0.1) is 11.7 Å². The van der Waals surface area contributed by atoms with Crippen molar-refractivity contribution >= 4 is 11.7 Å². The molecular weight excluding hydrogens is 338 g/mol. The van der Waals surface area contributed by atoms with Crippen molar-refractivity contribution in [3.63, 3.8) is 0 Å². The standard InChI is InChI=1S/C22H35N3O2/c1-4-17(5-2)20-14-19(10-13-27-20)24-21-7-6-18(15-23-21)22(26)25-11-8-16(3)9-12-25/h6-7,15-17,19-20H,4-5,8-14H2,1-3H3,(H,23,24). The number of carbonyl (C=O) groups is 1. The van der Waals surface area contributed by atoms with Gasteiger partial charge in [-0.2, -0.15) is 0 Å². The second kappa shape index (κ2) is 9.54. The number of hydrogen-bond acceptors (Lipinski definition) is 4. The van der Waals surface area contributed by atoms with Gasteiger partial charge in [0.25, 0.3) is 5.91 Å².